The van der Waals surface area contributed by atoms with Gasteiger partial charge in [0, 0.05) is 13.1 Å². The van der Waals surface area contributed by atoms with E-state index in [-0.39, 0.29) is 11.9 Å². The number of ether oxygens (including phenoxy) is 1. The fourth-order valence-electron chi connectivity index (χ4n) is 2.72. The van der Waals surface area contributed by atoms with Gasteiger partial charge in [0.15, 0.2) is 0 Å². The maximum Gasteiger partial charge on any atom is 0.310 e. The first-order valence-electron chi connectivity index (χ1n) is 7.21. The zero-order chi connectivity index (χ0) is 15.2. The SMILES string of the molecule is CCOC(=O)[C@@H]1CCCN(Cc2cc(F)cc(C#N)c2)C1. The van der Waals surface area contributed by atoms with E-state index in [1.165, 1.54) is 12.1 Å². The molecule has 1 aliphatic rings. The minimum atomic E-state index is -0.400. The largest absolute Gasteiger partial charge is 0.466 e. The van der Waals surface area contributed by atoms with Crippen LogP contribution in [0.1, 0.15) is 30.9 Å². The lowest BCUT2D eigenvalue weighted by molar-refractivity contribution is -0.150. The molecule has 1 aliphatic heterocycles. The number of esters is 1. The Morgan fingerprint density at radius 3 is 3.05 bits per heavy atom. The van der Waals surface area contributed by atoms with Gasteiger partial charge in [0.25, 0.3) is 0 Å². The summed E-state index contributed by atoms with van der Waals surface area (Å²) in [6, 6.07) is 6.31. The minimum absolute atomic E-state index is 0.109. The van der Waals surface area contributed by atoms with Crippen molar-refractivity contribution in [2.75, 3.05) is 19.7 Å². The lowest BCUT2D eigenvalue weighted by atomic mass is 9.97. The zero-order valence-corrected chi connectivity index (χ0v) is 12.1. The summed E-state index contributed by atoms with van der Waals surface area (Å²) in [7, 11) is 0. The molecule has 1 saturated heterocycles. The van der Waals surface area contributed by atoms with E-state index in [0.717, 1.165) is 24.9 Å². The third-order valence-corrected chi connectivity index (χ3v) is 3.62. The van der Waals surface area contributed by atoms with Gasteiger partial charge in [-0.2, -0.15) is 5.26 Å². The first kappa shape index (κ1) is 15.5. The molecule has 4 nitrogen and oxygen atoms in total. The van der Waals surface area contributed by atoms with Gasteiger partial charge in [-0.05, 0) is 50.1 Å². The second-order valence-corrected chi connectivity index (χ2v) is 5.29. The molecule has 0 aliphatic carbocycles. The first-order chi connectivity index (χ1) is 10.1. The lowest BCUT2D eigenvalue weighted by Gasteiger charge is -2.31. The van der Waals surface area contributed by atoms with Crippen LogP contribution < -0.4 is 0 Å². The summed E-state index contributed by atoms with van der Waals surface area (Å²) in [5, 5.41) is 8.87. The maximum atomic E-state index is 13.4. The molecule has 0 amide bonds. The lowest BCUT2D eigenvalue weighted by Crippen LogP contribution is -2.38. The van der Waals surface area contributed by atoms with Crippen molar-refractivity contribution in [3.8, 4) is 6.07 Å². The van der Waals surface area contributed by atoms with E-state index in [4.69, 9.17) is 10.00 Å². The molecular weight excluding hydrogens is 271 g/mol. The van der Waals surface area contributed by atoms with Crippen LogP contribution in [0.3, 0.4) is 0 Å². The van der Waals surface area contributed by atoms with Gasteiger partial charge < -0.3 is 4.74 Å². The molecule has 21 heavy (non-hydrogen) atoms. The highest BCUT2D eigenvalue weighted by Gasteiger charge is 2.26. The van der Waals surface area contributed by atoms with Gasteiger partial charge in [-0.25, -0.2) is 4.39 Å². The molecule has 0 bridgehead atoms. The molecule has 0 N–H and O–H groups in total. The number of benzene rings is 1. The van der Waals surface area contributed by atoms with Crippen molar-refractivity contribution in [1.29, 1.82) is 5.26 Å². The molecule has 2 rings (SSSR count). The molecular formula is C16H19FN2O2. The molecule has 0 saturated carbocycles. The van der Waals surface area contributed by atoms with Crippen molar-refractivity contribution in [2.45, 2.75) is 26.3 Å². The Morgan fingerprint density at radius 1 is 1.52 bits per heavy atom. The molecule has 1 fully saturated rings. The molecule has 0 radical (unpaired) electrons. The molecule has 1 atom stereocenters. The monoisotopic (exact) mass is 290 g/mol. The summed E-state index contributed by atoms with van der Waals surface area (Å²) >= 11 is 0. The highest BCUT2D eigenvalue weighted by Crippen LogP contribution is 2.20. The summed E-state index contributed by atoms with van der Waals surface area (Å²) in [5.74, 6) is -0.662. The van der Waals surface area contributed by atoms with Crippen molar-refractivity contribution in [1.82, 2.24) is 4.90 Å². The van der Waals surface area contributed by atoms with Gasteiger partial charge in [0.05, 0.1) is 24.2 Å². The number of nitrogens with zero attached hydrogens (tertiary/aromatic N) is 2. The average Bonchev–Trinajstić information content (AvgIpc) is 2.47. The molecule has 1 aromatic carbocycles. The van der Waals surface area contributed by atoms with Crippen molar-refractivity contribution in [2.24, 2.45) is 5.92 Å². The van der Waals surface area contributed by atoms with E-state index in [2.05, 4.69) is 4.90 Å². The van der Waals surface area contributed by atoms with Gasteiger partial charge >= 0.3 is 5.97 Å². The van der Waals surface area contributed by atoms with Gasteiger partial charge in [-0.1, -0.05) is 0 Å². The second-order valence-electron chi connectivity index (χ2n) is 5.29. The van der Waals surface area contributed by atoms with Crippen LogP contribution in [0.15, 0.2) is 18.2 Å². The number of carbonyl (C=O) groups is 1. The van der Waals surface area contributed by atoms with Gasteiger partial charge in [-0.15, -0.1) is 0 Å². The van der Waals surface area contributed by atoms with Crippen LogP contribution in [-0.2, 0) is 16.1 Å². The normalized spacial score (nSPS) is 19.0. The Labute approximate surface area is 124 Å². The number of halogens is 1. The summed E-state index contributed by atoms with van der Waals surface area (Å²) in [5.41, 5.74) is 1.08. The van der Waals surface area contributed by atoms with Gasteiger partial charge in [0.1, 0.15) is 5.82 Å². The topological polar surface area (TPSA) is 53.3 Å². The number of rotatable bonds is 4. The standard InChI is InChI=1S/C16H19FN2O2/c1-2-21-16(20)14-4-3-5-19(11-14)10-13-6-12(9-18)7-15(17)8-13/h6-8,14H,2-5,10-11H2,1H3/t14-/m1/s1. The van der Waals surface area contributed by atoms with Crippen molar-refractivity contribution < 1.29 is 13.9 Å². The fraction of sp³-hybridized carbons (Fsp3) is 0.500. The molecule has 112 valence electrons. The predicted octanol–water partition coefficient (Wildman–Crippen LogP) is 2.47. The van der Waals surface area contributed by atoms with Crippen LogP contribution in [0.4, 0.5) is 4.39 Å². The number of nitriles is 1. The Balaban J connectivity index is 2.01. The maximum absolute atomic E-state index is 13.4. The van der Waals surface area contributed by atoms with E-state index in [1.807, 2.05) is 6.07 Å². The molecule has 1 heterocycles. The number of piperidine rings is 1. The third-order valence-electron chi connectivity index (χ3n) is 3.62. The summed E-state index contributed by atoms with van der Waals surface area (Å²) in [4.78, 5) is 13.9. The average molecular weight is 290 g/mol. The number of hydrogen-bond donors (Lipinski definition) is 0. The molecule has 0 aromatic heterocycles. The van der Waals surface area contributed by atoms with Crippen LogP contribution in [0.2, 0.25) is 0 Å². The molecule has 0 unspecified atom stereocenters. The Kier molecular flexibility index (Phi) is 5.29. The smallest absolute Gasteiger partial charge is 0.310 e. The predicted molar refractivity (Wildman–Crippen MR) is 75.7 cm³/mol. The zero-order valence-electron chi connectivity index (χ0n) is 12.1. The van der Waals surface area contributed by atoms with Crippen LogP contribution in [0.5, 0.6) is 0 Å². The van der Waals surface area contributed by atoms with Crippen LogP contribution in [-0.4, -0.2) is 30.6 Å². The Morgan fingerprint density at radius 2 is 2.33 bits per heavy atom. The van der Waals surface area contributed by atoms with Crippen molar-refractivity contribution in [3.05, 3.63) is 35.1 Å². The highest BCUT2D eigenvalue weighted by molar-refractivity contribution is 5.72. The summed E-state index contributed by atoms with van der Waals surface area (Å²) < 4.78 is 18.5. The fourth-order valence-corrected chi connectivity index (χ4v) is 2.72. The minimum Gasteiger partial charge on any atom is -0.466 e. The van der Waals surface area contributed by atoms with E-state index >= 15 is 0 Å². The van der Waals surface area contributed by atoms with Gasteiger partial charge in [-0.3, -0.25) is 9.69 Å². The number of likely N-dealkylation sites (tertiary alicyclic amines) is 1. The number of carbonyl (C=O) groups excluding carboxylic acids is 1. The van der Waals surface area contributed by atoms with E-state index < -0.39 is 5.82 Å². The number of hydrogen-bond acceptors (Lipinski definition) is 4. The Bertz CT molecular complexity index is 554. The van der Waals surface area contributed by atoms with E-state index in [1.54, 1.807) is 13.0 Å². The molecule has 0 spiro atoms. The third kappa shape index (κ3) is 4.27. The van der Waals surface area contributed by atoms with Crippen LogP contribution in [0, 0.1) is 23.1 Å². The van der Waals surface area contributed by atoms with Crippen LogP contribution in [0.25, 0.3) is 0 Å². The van der Waals surface area contributed by atoms with Crippen molar-refractivity contribution in [3.63, 3.8) is 0 Å². The van der Waals surface area contributed by atoms with Crippen molar-refractivity contribution >= 4 is 5.97 Å². The second kappa shape index (κ2) is 7.19. The van der Waals surface area contributed by atoms with E-state index in [9.17, 15) is 9.18 Å². The quantitative estimate of drug-likeness (QED) is 0.799. The van der Waals surface area contributed by atoms with E-state index in [0.29, 0.717) is 25.3 Å². The van der Waals surface area contributed by atoms with Crippen LogP contribution >= 0.6 is 0 Å². The summed E-state index contributed by atoms with van der Waals surface area (Å²) in [6.07, 6.45) is 1.76. The molecule has 1 aromatic rings. The van der Waals surface area contributed by atoms with Gasteiger partial charge in [0.2, 0.25) is 0 Å². The molecule has 5 heteroatoms. The highest BCUT2D eigenvalue weighted by atomic mass is 19.1. The Hall–Kier alpha value is -1.93. The first-order valence-corrected chi connectivity index (χ1v) is 7.21. The summed E-state index contributed by atoms with van der Waals surface area (Å²) in [6.45, 7) is 4.23.